The highest BCUT2D eigenvalue weighted by Gasteiger charge is 2.15. The Morgan fingerprint density at radius 1 is 1.16 bits per heavy atom. The monoisotopic (exact) mass is 349 g/mol. The van der Waals surface area contributed by atoms with Gasteiger partial charge in [-0.2, -0.15) is 0 Å². The maximum atomic E-state index is 12.1. The summed E-state index contributed by atoms with van der Waals surface area (Å²) in [5.41, 5.74) is 2.33. The average Bonchev–Trinajstić information content (AvgIpc) is 2.54. The number of rotatable bonds is 9. The lowest BCUT2D eigenvalue weighted by Crippen LogP contribution is -3.11. The molecule has 0 radical (unpaired) electrons. The molecule has 1 rings (SSSR count). The first-order chi connectivity index (χ1) is 11.8. The van der Waals surface area contributed by atoms with Crippen molar-refractivity contribution in [3.8, 4) is 0 Å². The molecule has 3 N–H and O–H groups in total. The van der Waals surface area contributed by atoms with Crippen molar-refractivity contribution in [3.05, 3.63) is 29.8 Å². The van der Waals surface area contributed by atoms with Gasteiger partial charge in [0.05, 0.1) is 6.54 Å². The van der Waals surface area contributed by atoms with E-state index in [0.717, 1.165) is 30.1 Å². The quantitative estimate of drug-likeness (QED) is 0.624. The number of carbonyl (C=O) groups excluding carboxylic acids is 2. The van der Waals surface area contributed by atoms with Crippen LogP contribution in [0.5, 0.6) is 0 Å². The van der Waals surface area contributed by atoms with Crippen LogP contribution >= 0.6 is 0 Å². The summed E-state index contributed by atoms with van der Waals surface area (Å²) in [4.78, 5) is 26.9. The lowest BCUT2D eigenvalue weighted by atomic mass is 10.1. The number of hydrogen-bond donors (Lipinski definition) is 3. The molecule has 6 nitrogen and oxygen atoms in total. The Balaban J connectivity index is 2.43. The summed E-state index contributed by atoms with van der Waals surface area (Å²) >= 11 is 0. The van der Waals surface area contributed by atoms with Gasteiger partial charge in [-0.1, -0.05) is 26.0 Å². The fourth-order valence-corrected chi connectivity index (χ4v) is 2.43. The Kier molecular flexibility index (Phi) is 8.99. The van der Waals surface area contributed by atoms with Crippen molar-refractivity contribution in [2.75, 3.05) is 38.6 Å². The van der Waals surface area contributed by atoms with E-state index in [2.05, 4.69) is 53.6 Å². The third kappa shape index (κ3) is 8.54. The summed E-state index contributed by atoms with van der Waals surface area (Å²) < 4.78 is 0. The summed E-state index contributed by atoms with van der Waals surface area (Å²) in [5, 5.41) is 5.13. The zero-order valence-corrected chi connectivity index (χ0v) is 16.2. The van der Waals surface area contributed by atoms with Crippen molar-refractivity contribution in [2.45, 2.75) is 33.7 Å². The van der Waals surface area contributed by atoms with Gasteiger partial charge < -0.3 is 15.1 Å². The number of likely N-dealkylation sites (N-methyl/N-ethyl adjacent to an activating group) is 1. The maximum absolute atomic E-state index is 12.1. The van der Waals surface area contributed by atoms with Crippen LogP contribution in [-0.2, 0) is 11.3 Å². The molecule has 1 atom stereocenters. The van der Waals surface area contributed by atoms with Crippen molar-refractivity contribution in [1.82, 2.24) is 10.6 Å². The molecule has 0 saturated carbocycles. The first-order valence-electron chi connectivity index (χ1n) is 8.99. The van der Waals surface area contributed by atoms with Crippen LogP contribution in [0.25, 0.3) is 0 Å². The van der Waals surface area contributed by atoms with E-state index in [1.807, 2.05) is 21.0 Å². The van der Waals surface area contributed by atoms with Crippen molar-refractivity contribution >= 4 is 17.6 Å². The topological polar surface area (TPSA) is 65.9 Å². The second kappa shape index (κ2) is 10.7. The van der Waals surface area contributed by atoms with Gasteiger partial charge in [0.25, 0.3) is 5.91 Å². The van der Waals surface area contributed by atoms with Crippen LogP contribution in [-0.4, -0.2) is 45.7 Å². The molecule has 0 bridgehead atoms. The number of hydrogen-bond acceptors (Lipinski definition) is 3. The summed E-state index contributed by atoms with van der Waals surface area (Å²) in [6, 6.07) is 7.91. The first-order valence-corrected chi connectivity index (χ1v) is 8.99. The Bertz CT molecular complexity index is 541. The Morgan fingerprint density at radius 2 is 1.80 bits per heavy atom. The molecule has 1 unspecified atom stereocenters. The van der Waals surface area contributed by atoms with E-state index in [-0.39, 0.29) is 12.5 Å². The van der Waals surface area contributed by atoms with E-state index >= 15 is 0 Å². The Labute approximate surface area is 151 Å². The molecule has 0 aliphatic rings. The number of benzene rings is 1. The van der Waals surface area contributed by atoms with Crippen LogP contribution in [0.15, 0.2) is 24.3 Å². The van der Waals surface area contributed by atoms with Gasteiger partial charge in [0.15, 0.2) is 6.54 Å². The van der Waals surface area contributed by atoms with Crippen LogP contribution in [0.2, 0.25) is 0 Å². The van der Waals surface area contributed by atoms with E-state index in [1.165, 1.54) is 5.56 Å². The van der Waals surface area contributed by atoms with Crippen LogP contribution in [0.4, 0.5) is 10.5 Å². The van der Waals surface area contributed by atoms with Crippen molar-refractivity contribution in [3.63, 3.8) is 0 Å². The zero-order valence-electron chi connectivity index (χ0n) is 16.2. The predicted molar refractivity (Wildman–Crippen MR) is 102 cm³/mol. The summed E-state index contributed by atoms with van der Waals surface area (Å²) in [7, 11) is 4.02. The van der Waals surface area contributed by atoms with Crippen molar-refractivity contribution < 1.29 is 14.5 Å². The third-order valence-electron chi connectivity index (χ3n) is 4.08. The van der Waals surface area contributed by atoms with E-state index in [1.54, 1.807) is 0 Å². The minimum atomic E-state index is -0.406. The fraction of sp³-hybridized carbons (Fsp3) is 0.579. The smallest absolute Gasteiger partial charge is 0.321 e. The molecule has 1 aromatic carbocycles. The van der Waals surface area contributed by atoms with Crippen molar-refractivity contribution in [2.24, 2.45) is 5.92 Å². The molecule has 0 fully saturated rings. The number of imide groups is 1. The normalized spacial score (nSPS) is 11.9. The first kappa shape index (κ1) is 21.0. The van der Waals surface area contributed by atoms with Crippen LogP contribution in [0.3, 0.4) is 0 Å². The summed E-state index contributed by atoms with van der Waals surface area (Å²) in [6.45, 7) is 8.67. The van der Waals surface area contributed by atoms with E-state index in [4.69, 9.17) is 0 Å². The number of carbonyl (C=O) groups is 2. The summed E-state index contributed by atoms with van der Waals surface area (Å²) in [6.07, 6.45) is 0.900. The molecule has 6 heteroatoms. The lowest BCUT2D eigenvalue weighted by molar-refractivity contribution is -0.904. The summed E-state index contributed by atoms with van der Waals surface area (Å²) in [5.74, 6) is 0.277. The van der Waals surface area contributed by atoms with Gasteiger partial charge in [0.2, 0.25) is 0 Å². The highest BCUT2D eigenvalue weighted by molar-refractivity contribution is 5.94. The average molecular weight is 349 g/mol. The zero-order chi connectivity index (χ0) is 18.8. The van der Waals surface area contributed by atoms with Gasteiger partial charge in [-0.05, 0) is 31.4 Å². The maximum Gasteiger partial charge on any atom is 0.321 e. The second-order valence-corrected chi connectivity index (χ2v) is 7.00. The Morgan fingerprint density at radius 3 is 2.32 bits per heavy atom. The van der Waals surface area contributed by atoms with Gasteiger partial charge in [-0.3, -0.25) is 10.1 Å². The molecule has 140 valence electrons. The van der Waals surface area contributed by atoms with Crippen LogP contribution in [0, 0.1) is 5.92 Å². The molecule has 0 aliphatic carbocycles. The fourth-order valence-electron chi connectivity index (χ4n) is 2.43. The van der Waals surface area contributed by atoms with Crippen LogP contribution < -0.4 is 20.4 Å². The number of nitrogens with one attached hydrogen (secondary N) is 3. The molecule has 0 saturated heterocycles. The molecule has 0 aromatic heterocycles. The number of nitrogens with zero attached hydrogens (tertiary/aromatic N) is 1. The lowest BCUT2D eigenvalue weighted by Gasteiger charge is -2.18. The van der Waals surface area contributed by atoms with Gasteiger partial charge >= 0.3 is 6.03 Å². The minimum absolute atomic E-state index is 0.246. The molecule has 3 amide bonds. The van der Waals surface area contributed by atoms with E-state index in [0.29, 0.717) is 12.5 Å². The van der Waals surface area contributed by atoms with Gasteiger partial charge in [-0.15, -0.1) is 0 Å². The molecule has 0 spiro atoms. The molecular weight excluding hydrogens is 316 g/mol. The molecular formula is C19H33N4O2+. The Hall–Kier alpha value is -2.08. The largest absolute Gasteiger partial charge is 0.378 e. The number of quaternary nitrogens is 1. The molecule has 1 aromatic rings. The third-order valence-corrected chi connectivity index (χ3v) is 4.08. The molecule has 0 aliphatic heterocycles. The van der Waals surface area contributed by atoms with E-state index < -0.39 is 6.03 Å². The highest BCUT2D eigenvalue weighted by atomic mass is 16.2. The number of urea groups is 1. The number of anilines is 1. The minimum Gasteiger partial charge on any atom is -0.378 e. The molecule has 0 heterocycles. The molecule has 25 heavy (non-hydrogen) atoms. The van der Waals surface area contributed by atoms with Gasteiger partial charge in [0.1, 0.15) is 6.54 Å². The predicted octanol–water partition coefficient (Wildman–Crippen LogP) is 1.03. The van der Waals surface area contributed by atoms with Crippen LogP contribution in [0.1, 0.15) is 32.8 Å². The van der Waals surface area contributed by atoms with Crippen molar-refractivity contribution in [1.29, 1.82) is 0 Å². The second-order valence-electron chi connectivity index (χ2n) is 7.00. The van der Waals surface area contributed by atoms with Gasteiger partial charge in [-0.25, -0.2) is 4.79 Å². The standard InChI is InChI=1S/C19H32N4O2/c1-6-23(13-16-7-9-17(10-8-16)22(4)5)14-18(24)21-19(25)20-12-11-15(2)3/h7-10,15H,6,11-14H2,1-5H3,(H2,20,21,24,25)/p+1. The SMILES string of the molecule is CC[NH+](CC(=O)NC(=O)NCCC(C)C)Cc1ccc(N(C)C)cc1. The highest BCUT2D eigenvalue weighted by Crippen LogP contribution is 2.11. The van der Waals surface area contributed by atoms with Gasteiger partial charge in [0, 0.05) is 31.9 Å². The van der Waals surface area contributed by atoms with E-state index in [9.17, 15) is 9.59 Å². The number of amides is 3.